The van der Waals surface area contributed by atoms with Crippen LogP contribution in [-0.2, 0) is 11.3 Å². The predicted octanol–water partition coefficient (Wildman–Crippen LogP) is 3.18. The van der Waals surface area contributed by atoms with Crippen molar-refractivity contribution in [1.29, 1.82) is 0 Å². The first-order chi connectivity index (χ1) is 12.5. The number of nitrogens with zero attached hydrogens (tertiary/aromatic N) is 2. The number of H-pyrrole nitrogens is 1. The zero-order valence-corrected chi connectivity index (χ0v) is 14.7. The first-order valence-corrected chi connectivity index (χ1v) is 8.67. The molecule has 132 valence electrons. The minimum Gasteiger partial charge on any atom is -0.360 e. The largest absolute Gasteiger partial charge is 0.360 e. The molecule has 2 amide bonds. The van der Waals surface area contributed by atoms with Crippen LogP contribution in [0.15, 0.2) is 48.8 Å². The molecular weight excluding hydrogens is 328 g/mol. The first kappa shape index (κ1) is 16.3. The van der Waals surface area contributed by atoms with Crippen molar-refractivity contribution in [2.45, 2.75) is 26.4 Å². The molecule has 0 aliphatic carbocycles. The molecule has 3 heterocycles. The number of nitrogens with one attached hydrogen (secondary N) is 2. The summed E-state index contributed by atoms with van der Waals surface area (Å²) in [5, 5.41) is 3.84. The van der Waals surface area contributed by atoms with E-state index < -0.39 is 6.04 Å². The minimum atomic E-state index is -0.557. The van der Waals surface area contributed by atoms with Crippen molar-refractivity contribution in [3.63, 3.8) is 0 Å². The minimum absolute atomic E-state index is 0.0238. The maximum absolute atomic E-state index is 13.0. The number of fused-ring (bicyclic) bond motifs is 2. The van der Waals surface area contributed by atoms with E-state index in [1.54, 1.807) is 11.1 Å². The van der Waals surface area contributed by atoms with Gasteiger partial charge in [0.25, 0.3) is 5.91 Å². The molecule has 6 nitrogen and oxygen atoms in total. The third kappa shape index (κ3) is 2.73. The van der Waals surface area contributed by atoms with Gasteiger partial charge in [0.05, 0.1) is 11.7 Å². The summed E-state index contributed by atoms with van der Waals surface area (Å²) >= 11 is 0. The number of carbonyl (C=O) groups is 2. The zero-order valence-electron chi connectivity index (χ0n) is 14.7. The summed E-state index contributed by atoms with van der Waals surface area (Å²) in [7, 11) is 0. The van der Waals surface area contributed by atoms with Crippen molar-refractivity contribution in [2.75, 3.05) is 5.32 Å². The molecule has 2 aromatic heterocycles. The van der Waals surface area contributed by atoms with Gasteiger partial charge in [-0.25, -0.2) is 4.98 Å². The molecule has 6 heteroatoms. The summed E-state index contributed by atoms with van der Waals surface area (Å²) in [5.41, 5.74) is 2.55. The van der Waals surface area contributed by atoms with E-state index in [-0.39, 0.29) is 17.7 Å². The standard InChI is InChI=1S/C20H20N4O2/c1-12(2)18(24-11-14-5-3-4-6-15(14)20(24)26)19(25)23-17-9-13-7-8-21-16(13)10-22-17/h3-10,12,18,21H,11H2,1-2H3,(H,22,23,25)/t18-/m0/s1. The van der Waals surface area contributed by atoms with Crippen LogP contribution >= 0.6 is 0 Å². The molecule has 26 heavy (non-hydrogen) atoms. The molecule has 0 fully saturated rings. The molecule has 0 bridgehead atoms. The number of anilines is 1. The fraction of sp³-hybridized carbons (Fsp3) is 0.250. The van der Waals surface area contributed by atoms with Gasteiger partial charge in [-0.05, 0) is 29.7 Å². The monoisotopic (exact) mass is 348 g/mol. The molecule has 0 radical (unpaired) electrons. The molecule has 4 rings (SSSR count). The summed E-state index contributed by atoms with van der Waals surface area (Å²) in [6.45, 7) is 4.35. The number of amides is 2. The topological polar surface area (TPSA) is 78.1 Å². The molecule has 3 aromatic rings. The van der Waals surface area contributed by atoms with Crippen molar-refractivity contribution in [2.24, 2.45) is 5.92 Å². The molecule has 1 atom stereocenters. The Labute approximate surface area is 151 Å². The second-order valence-corrected chi connectivity index (χ2v) is 6.90. The Balaban J connectivity index is 1.58. The maximum atomic E-state index is 13.0. The van der Waals surface area contributed by atoms with Gasteiger partial charge in [0.2, 0.25) is 5.91 Å². The highest BCUT2D eigenvalue weighted by molar-refractivity contribution is 6.03. The lowest BCUT2D eigenvalue weighted by Crippen LogP contribution is -2.47. The lowest BCUT2D eigenvalue weighted by Gasteiger charge is -2.29. The van der Waals surface area contributed by atoms with Gasteiger partial charge in [-0.1, -0.05) is 32.0 Å². The molecule has 0 saturated heterocycles. The SMILES string of the molecule is CC(C)[C@@H](C(=O)Nc1cc2cc[nH]c2cn1)N1Cc2ccccc2C1=O. The van der Waals surface area contributed by atoms with Crippen LogP contribution in [0.5, 0.6) is 0 Å². The third-order valence-corrected chi connectivity index (χ3v) is 4.77. The molecule has 1 aliphatic rings. The smallest absolute Gasteiger partial charge is 0.255 e. The van der Waals surface area contributed by atoms with Crippen molar-refractivity contribution in [3.05, 3.63) is 59.9 Å². The molecule has 1 aromatic carbocycles. The lowest BCUT2D eigenvalue weighted by molar-refractivity contribution is -0.122. The highest BCUT2D eigenvalue weighted by Gasteiger charge is 2.37. The second-order valence-electron chi connectivity index (χ2n) is 6.90. The van der Waals surface area contributed by atoms with Crippen molar-refractivity contribution in [3.8, 4) is 0 Å². The van der Waals surface area contributed by atoms with E-state index in [4.69, 9.17) is 0 Å². The number of aromatic nitrogens is 2. The maximum Gasteiger partial charge on any atom is 0.255 e. The number of benzene rings is 1. The second kappa shape index (κ2) is 6.29. The number of aromatic amines is 1. The molecule has 0 spiro atoms. The third-order valence-electron chi connectivity index (χ3n) is 4.77. The normalized spacial score (nSPS) is 14.7. The number of pyridine rings is 1. The molecular formula is C20H20N4O2. The summed E-state index contributed by atoms with van der Waals surface area (Å²) in [6, 6.07) is 10.7. The van der Waals surface area contributed by atoms with Crippen LogP contribution in [0, 0.1) is 5.92 Å². The summed E-state index contributed by atoms with van der Waals surface area (Å²) in [5.74, 6) is 0.146. The average Bonchev–Trinajstić information content (AvgIpc) is 3.20. The van der Waals surface area contributed by atoms with Crippen LogP contribution in [0.3, 0.4) is 0 Å². The van der Waals surface area contributed by atoms with Gasteiger partial charge in [0.15, 0.2) is 0 Å². The number of rotatable bonds is 4. The Kier molecular flexibility index (Phi) is 3.95. The van der Waals surface area contributed by atoms with Gasteiger partial charge in [-0.15, -0.1) is 0 Å². The molecule has 0 unspecified atom stereocenters. The molecule has 0 saturated carbocycles. The first-order valence-electron chi connectivity index (χ1n) is 8.67. The summed E-state index contributed by atoms with van der Waals surface area (Å²) in [4.78, 5) is 34.7. The van der Waals surface area contributed by atoms with Crippen LogP contribution in [-0.4, -0.2) is 32.7 Å². The van der Waals surface area contributed by atoms with E-state index in [1.165, 1.54) is 0 Å². The van der Waals surface area contributed by atoms with E-state index in [0.29, 0.717) is 17.9 Å². The highest BCUT2D eigenvalue weighted by atomic mass is 16.2. The van der Waals surface area contributed by atoms with Gasteiger partial charge in [-0.3, -0.25) is 9.59 Å². The van der Waals surface area contributed by atoms with Crippen LogP contribution in [0.2, 0.25) is 0 Å². The van der Waals surface area contributed by atoms with Gasteiger partial charge in [-0.2, -0.15) is 0 Å². The van der Waals surface area contributed by atoms with E-state index in [2.05, 4.69) is 15.3 Å². The summed E-state index contributed by atoms with van der Waals surface area (Å²) in [6.07, 6.45) is 3.52. The molecule has 2 N–H and O–H groups in total. The Morgan fingerprint density at radius 1 is 1.27 bits per heavy atom. The quantitative estimate of drug-likeness (QED) is 0.760. The van der Waals surface area contributed by atoms with Crippen molar-refractivity contribution >= 4 is 28.5 Å². The van der Waals surface area contributed by atoms with Gasteiger partial charge >= 0.3 is 0 Å². The number of hydrogen-bond donors (Lipinski definition) is 2. The Morgan fingerprint density at radius 2 is 2.08 bits per heavy atom. The highest BCUT2D eigenvalue weighted by Crippen LogP contribution is 2.27. The summed E-state index contributed by atoms with van der Waals surface area (Å²) < 4.78 is 0. The lowest BCUT2D eigenvalue weighted by atomic mass is 10.0. The Bertz CT molecular complexity index is 992. The van der Waals surface area contributed by atoms with Crippen LogP contribution in [0.1, 0.15) is 29.8 Å². The fourth-order valence-electron chi connectivity index (χ4n) is 3.52. The van der Waals surface area contributed by atoms with Gasteiger partial charge in [0, 0.05) is 23.7 Å². The van der Waals surface area contributed by atoms with Crippen molar-refractivity contribution in [1.82, 2.24) is 14.9 Å². The average molecular weight is 348 g/mol. The Morgan fingerprint density at radius 3 is 2.85 bits per heavy atom. The van der Waals surface area contributed by atoms with E-state index in [0.717, 1.165) is 16.5 Å². The van der Waals surface area contributed by atoms with Crippen LogP contribution in [0.4, 0.5) is 5.82 Å². The molecule has 1 aliphatic heterocycles. The zero-order chi connectivity index (χ0) is 18.3. The van der Waals surface area contributed by atoms with Gasteiger partial charge < -0.3 is 15.2 Å². The predicted molar refractivity (Wildman–Crippen MR) is 99.7 cm³/mol. The number of hydrogen-bond acceptors (Lipinski definition) is 3. The number of carbonyl (C=O) groups excluding carboxylic acids is 2. The van der Waals surface area contributed by atoms with E-state index in [9.17, 15) is 9.59 Å². The van der Waals surface area contributed by atoms with E-state index >= 15 is 0 Å². The van der Waals surface area contributed by atoms with Gasteiger partial charge in [0.1, 0.15) is 11.9 Å². The van der Waals surface area contributed by atoms with Crippen LogP contribution in [0.25, 0.3) is 10.9 Å². The van der Waals surface area contributed by atoms with Crippen molar-refractivity contribution < 1.29 is 9.59 Å². The Hall–Kier alpha value is -3.15. The fourth-order valence-corrected chi connectivity index (χ4v) is 3.52. The van der Waals surface area contributed by atoms with E-state index in [1.807, 2.05) is 56.4 Å². The van der Waals surface area contributed by atoms with Crippen LogP contribution < -0.4 is 5.32 Å².